The first-order valence-corrected chi connectivity index (χ1v) is 13.1. The number of hydrogen-bond acceptors (Lipinski definition) is 2. The topological polar surface area (TPSA) is 37.4 Å². The van der Waals surface area contributed by atoms with E-state index >= 15 is 4.39 Å². The molecule has 3 rings (SSSR count). The van der Waals surface area contributed by atoms with E-state index < -0.39 is 85.7 Å². The van der Waals surface area contributed by atoms with Gasteiger partial charge in [-0.25, -0.2) is 8.78 Å². The first-order chi connectivity index (χ1) is 19.5. The van der Waals surface area contributed by atoms with E-state index in [-0.39, 0.29) is 21.7 Å². The molecule has 0 saturated heterocycles. The number of anilines is 1. The monoisotopic (exact) mass is 777 g/mol. The molecular weight excluding hydrogens is 765 g/mol. The van der Waals surface area contributed by atoms with Crippen LogP contribution in [0.5, 0.6) is 0 Å². The van der Waals surface area contributed by atoms with Crippen LogP contribution < -0.4 is 4.90 Å². The number of ketones is 1. The van der Waals surface area contributed by atoms with Gasteiger partial charge in [-0.05, 0) is 70.6 Å². The van der Waals surface area contributed by atoms with Crippen LogP contribution >= 0.6 is 45.8 Å². The van der Waals surface area contributed by atoms with Crippen LogP contribution in [0.15, 0.2) is 48.5 Å². The molecule has 0 bridgehead atoms. The maximum Gasteiger partial charge on any atom is 0.435 e. The van der Waals surface area contributed by atoms with Crippen LogP contribution in [-0.4, -0.2) is 31.1 Å². The molecule has 0 aliphatic rings. The average molecular weight is 778 g/mol. The smallest absolute Gasteiger partial charge is 0.309 e. The van der Waals surface area contributed by atoms with E-state index in [4.69, 9.17) is 23.2 Å². The van der Waals surface area contributed by atoms with E-state index in [1.807, 2.05) is 0 Å². The Morgan fingerprint density at radius 2 is 1.42 bits per heavy atom. The number of halogens is 14. The van der Waals surface area contributed by atoms with Gasteiger partial charge in [-0.3, -0.25) is 9.59 Å². The van der Waals surface area contributed by atoms with Gasteiger partial charge in [0.25, 0.3) is 5.91 Å². The Balaban J connectivity index is 2.07. The average Bonchev–Trinajstić information content (AvgIpc) is 2.88. The molecule has 0 aliphatic carbocycles. The number of nitrogens with zero attached hydrogens (tertiary/aromatic N) is 1. The second-order valence-electron chi connectivity index (χ2n) is 8.87. The standard InChI is InChI=1S/C26H13Cl2F11INO2/c1-41(22(43)11-5-6-16(27)17(28)7-11)19-4-2-3-13(21(19)29)20(42)10-14-15(24(31,32)33)8-12(9-18(14)40)23(30,25(34,35)36)26(37,38)39/h2-9H,10H2,1H3. The highest BCUT2D eigenvalue weighted by Gasteiger charge is 2.73. The summed E-state index contributed by atoms with van der Waals surface area (Å²) in [6.07, 6.45) is -20.4. The summed E-state index contributed by atoms with van der Waals surface area (Å²) in [6, 6.07) is 5.88. The summed E-state index contributed by atoms with van der Waals surface area (Å²) in [6.45, 7) is 0. The normalized spacial score (nSPS) is 12.8. The first kappa shape index (κ1) is 34.8. The third-order valence-corrected chi connectivity index (χ3v) is 7.83. The maximum absolute atomic E-state index is 15.4. The molecule has 3 nitrogen and oxygen atoms in total. The number of alkyl halides is 10. The molecule has 232 valence electrons. The molecule has 3 aromatic rings. The number of amides is 1. The van der Waals surface area contributed by atoms with Crippen molar-refractivity contribution in [3.05, 3.63) is 95.8 Å². The number of carbonyl (C=O) groups excluding carboxylic acids is 2. The van der Waals surface area contributed by atoms with E-state index in [1.54, 1.807) is 0 Å². The predicted molar refractivity (Wildman–Crippen MR) is 143 cm³/mol. The van der Waals surface area contributed by atoms with Gasteiger partial charge in [0.05, 0.1) is 26.9 Å². The summed E-state index contributed by atoms with van der Waals surface area (Å²) in [5.74, 6) is -3.60. The van der Waals surface area contributed by atoms with Gasteiger partial charge in [0.15, 0.2) is 11.6 Å². The molecule has 43 heavy (non-hydrogen) atoms. The first-order valence-electron chi connectivity index (χ1n) is 11.3. The Kier molecular flexibility index (Phi) is 9.74. The van der Waals surface area contributed by atoms with Gasteiger partial charge in [0.1, 0.15) is 0 Å². The van der Waals surface area contributed by atoms with Crippen molar-refractivity contribution in [2.24, 2.45) is 0 Å². The van der Waals surface area contributed by atoms with Gasteiger partial charge in [0.2, 0.25) is 0 Å². The number of benzene rings is 3. The van der Waals surface area contributed by atoms with Gasteiger partial charge in [-0.1, -0.05) is 29.3 Å². The maximum atomic E-state index is 15.4. The van der Waals surface area contributed by atoms with E-state index in [0.29, 0.717) is 0 Å². The van der Waals surface area contributed by atoms with E-state index in [2.05, 4.69) is 0 Å². The quantitative estimate of drug-likeness (QED) is 0.142. The Morgan fingerprint density at radius 3 is 1.93 bits per heavy atom. The molecule has 17 heteroatoms. The summed E-state index contributed by atoms with van der Waals surface area (Å²) < 4.78 is 150. The lowest BCUT2D eigenvalue weighted by molar-refractivity contribution is -0.348. The van der Waals surface area contributed by atoms with Crippen molar-refractivity contribution in [3.63, 3.8) is 0 Å². The number of hydrogen-bond donors (Lipinski definition) is 0. The lowest BCUT2D eigenvalue weighted by Gasteiger charge is -2.31. The van der Waals surface area contributed by atoms with Gasteiger partial charge < -0.3 is 4.90 Å². The van der Waals surface area contributed by atoms with E-state index in [9.17, 15) is 53.5 Å². The van der Waals surface area contributed by atoms with Crippen molar-refractivity contribution in [3.8, 4) is 0 Å². The minimum absolute atomic E-state index is 0.0122. The molecule has 0 fully saturated rings. The van der Waals surface area contributed by atoms with Gasteiger partial charge >= 0.3 is 24.2 Å². The number of rotatable bonds is 6. The van der Waals surface area contributed by atoms with Crippen molar-refractivity contribution in [1.82, 2.24) is 0 Å². The molecule has 0 saturated carbocycles. The van der Waals surface area contributed by atoms with Gasteiger partial charge in [-0.15, -0.1) is 0 Å². The summed E-state index contributed by atoms with van der Waals surface area (Å²) >= 11 is 12.6. The Morgan fingerprint density at radius 1 is 0.837 bits per heavy atom. The summed E-state index contributed by atoms with van der Waals surface area (Å²) in [7, 11) is 1.10. The van der Waals surface area contributed by atoms with Crippen molar-refractivity contribution in [1.29, 1.82) is 0 Å². The zero-order valence-corrected chi connectivity index (χ0v) is 24.6. The van der Waals surface area contributed by atoms with Crippen LogP contribution in [-0.2, 0) is 18.3 Å². The lowest BCUT2D eigenvalue weighted by atomic mass is 9.89. The van der Waals surface area contributed by atoms with Crippen LogP contribution in [0.4, 0.5) is 54.0 Å². The number of Topliss-reactive ketones (excluding diaryl/α,β-unsaturated/α-hetero) is 1. The Hall–Kier alpha value is -2.66. The highest BCUT2D eigenvalue weighted by Crippen LogP contribution is 2.54. The zero-order valence-electron chi connectivity index (χ0n) is 20.9. The minimum atomic E-state index is -6.70. The minimum Gasteiger partial charge on any atom is -0.309 e. The molecule has 0 aromatic heterocycles. The summed E-state index contributed by atoms with van der Waals surface area (Å²) in [5.41, 5.74) is -13.3. The Bertz CT molecular complexity index is 1570. The van der Waals surface area contributed by atoms with E-state index in [1.165, 1.54) is 18.2 Å². The molecule has 0 N–H and O–H groups in total. The second-order valence-corrected chi connectivity index (χ2v) is 10.8. The van der Waals surface area contributed by atoms with E-state index in [0.717, 1.165) is 52.7 Å². The van der Waals surface area contributed by atoms with Crippen molar-refractivity contribution < 1.29 is 57.9 Å². The third-order valence-electron chi connectivity index (χ3n) is 6.13. The van der Waals surface area contributed by atoms with Crippen LogP contribution in [0.1, 0.15) is 37.4 Å². The van der Waals surface area contributed by atoms with Crippen molar-refractivity contribution >= 4 is 63.2 Å². The molecule has 0 heterocycles. The van der Waals surface area contributed by atoms with Crippen LogP contribution in [0.2, 0.25) is 10.0 Å². The predicted octanol–water partition coefficient (Wildman–Crippen LogP) is 9.75. The fourth-order valence-electron chi connectivity index (χ4n) is 3.94. The van der Waals surface area contributed by atoms with Crippen LogP contribution in [0, 0.1) is 9.39 Å². The second kappa shape index (κ2) is 12.0. The number of carbonyl (C=O) groups is 2. The molecule has 0 atom stereocenters. The summed E-state index contributed by atoms with van der Waals surface area (Å²) in [4.78, 5) is 26.6. The zero-order chi connectivity index (χ0) is 32.9. The highest BCUT2D eigenvalue weighted by atomic mass is 127. The fraction of sp³-hybridized carbons (Fsp3) is 0.231. The van der Waals surface area contributed by atoms with Crippen molar-refractivity contribution in [2.45, 2.75) is 30.6 Å². The highest BCUT2D eigenvalue weighted by molar-refractivity contribution is 14.1. The SMILES string of the molecule is CN(C(=O)c1ccc(Cl)c(Cl)c1)c1cccc(C(=O)Cc2c(I)cc(C(F)(C(F)(F)F)C(F)(F)F)cc2C(F)(F)F)c1F. The Labute approximate surface area is 258 Å². The van der Waals surface area contributed by atoms with Crippen molar-refractivity contribution in [2.75, 3.05) is 11.9 Å². The van der Waals surface area contributed by atoms with Crippen LogP contribution in [0.3, 0.4) is 0 Å². The lowest BCUT2D eigenvalue weighted by Crippen LogP contribution is -2.50. The fourth-order valence-corrected chi connectivity index (χ4v) is 5.05. The molecule has 3 aromatic carbocycles. The third kappa shape index (κ3) is 6.72. The molecule has 0 radical (unpaired) electrons. The van der Waals surface area contributed by atoms with Gasteiger partial charge in [0, 0.05) is 28.2 Å². The van der Waals surface area contributed by atoms with Gasteiger partial charge in [-0.2, -0.15) is 39.5 Å². The molecule has 0 unspecified atom stereocenters. The largest absolute Gasteiger partial charge is 0.435 e. The molecule has 0 spiro atoms. The molecule has 0 aliphatic heterocycles. The molecular formula is C26H13Cl2F11INO2. The molecule has 1 amide bonds. The summed E-state index contributed by atoms with van der Waals surface area (Å²) in [5, 5.41) is 0.0939. The van der Waals surface area contributed by atoms with Crippen LogP contribution in [0.25, 0.3) is 0 Å².